The van der Waals surface area contributed by atoms with Crippen molar-refractivity contribution in [3.63, 3.8) is 0 Å². The van der Waals surface area contributed by atoms with E-state index in [0.717, 1.165) is 21.6 Å². The lowest BCUT2D eigenvalue weighted by Gasteiger charge is -2.09. The fraction of sp³-hybridized carbons (Fsp3) is 0.545. The monoisotopic (exact) mass is 273 g/mol. The van der Waals surface area contributed by atoms with Crippen LogP contribution in [0.5, 0.6) is 0 Å². The van der Waals surface area contributed by atoms with E-state index in [9.17, 15) is 13.2 Å². The van der Waals surface area contributed by atoms with Crippen LogP contribution in [0.2, 0.25) is 0 Å². The van der Waals surface area contributed by atoms with Crippen molar-refractivity contribution < 1.29 is 13.2 Å². The maximum atomic E-state index is 12.5. The van der Waals surface area contributed by atoms with Crippen LogP contribution in [-0.2, 0) is 13.0 Å². The average Bonchev–Trinajstić information content (AvgIpc) is 2.74. The van der Waals surface area contributed by atoms with Crippen molar-refractivity contribution in [3.05, 3.63) is 28.6 Å². The number of nitrogens with zero attached hydrogens (tertiary/aromatic N) is 4. The molecule has 0 saturated carbocycles. The average molecular weight is 273 g/mol. The third kappa shape index (κ3) is 3.12. The van der Waals surface area contributed by atoms with Crippen LogP contribution in [0.15, 0.2) is 0 Å². The number of rotatable bonds is 3. The number of aromatic amines is 1. The molecule has 19 heavy (non-hydrogen) atoms. The number of aromatic nitrogens is 5. The van der Waals surface area contributed by atoms with Crippen LogP contribution in [0.25, 0.3) is 0 Å². The lowest BCUT2D eigenvalue weighted by molar-refractivity contribution is -0.143. The van der Waals surface area contributed by atoms with Gasteiger partial charge in [-0.3, -0.25) is 5.10 Å². The Morgan fingerprint density at radius 1 is 1.21 bits per heavy atom. The molecule has 5 nitrogen and oxygen atoms in total. The number of alkyl halides is 3. The van der Waals surface area contributed by atoms with Crippen molar-refractivity contribution in [1.29, 1.82) is 0 Å². The van der Waals surface area contributed by atoms with Crippen LogP contribution >= 0.6 is 0 Å². The van der Waals surface area contributed by atoms with Crippen LogP contribution in [0, 0.1) is 20.8 Å². The SMILES string of the molecule is Cc1nc(Cc2c(C)n[nH]c2C)n(CC(F)(F)F)n1. The van der Waals surface area contributed by atoms with Gasteiger partial charge in [0, 0.05) is 17.7 Å². The number of halogens is 3. The topological polar surface area (TPSA) is 59.4 Å². The smallest absolute Gasteiger partial charge is 0.282 e. The predicted molar refractivity (Wildman–Crippen MR) is 61.7 cm³/mol. The zero-order chi connectivity index (χ0) is 14.2. The van der Waals surface area contributed by atoms with Gasteiger partial charge < -0.3 is 0 Å². The first-order valence-electron chi connectivity index (χ1n) is 5.74. The van der Waals surface area contributed by atoms with Crippen molar-refractivity contribution in [1.82, 2.24) is 25.0 Å². The first kappa shape index (κ1) is 13.6. The van der Waals surface area contributed by atoms with Gasteiger partial charge in [-0.2, -0.15) is 23.4 Å². The molecule has 0 bridgehead atoms. The van der Waals surface area contributed by atoms with E-state index >= 15 is 0 Å². The maximum Gasteiger partial charge on any atom is 0.408 e. The third-order valence-electron chi connectivity index (χ3n) is 2.80. The number of hydrogen-bond acceptors (Lipinski definition) is 3. The molecule has 1 N–H and O–H groups in total. The third-order valence-corrected chi connectivity index (χ3v) is 2.80. The Bertz CT molecular complexity index is 562. The lowest BCUT2D eigenvalue weighted by Crippen LogP contribution is -2.21. The minimum atomic E-state index is -4.31. The molecule has 0 unspecified atom stereocenters. The van der Waals surface area contributed by atoms with Gasteiger partial charge in [0.25, 0.3) is 0 Å². The van der Waals surface area contributed by atoms with Gasteiger partial charge in [0.15, 0.2) is 0 Å². The number of hydrogen-bond donors (Lipinski definition) is 1. The standard InChI is InChI=1S/C11H14F3N5/c1-6-9(7(2)17-16-6)4-10-15-8(3)18-19(10)5-11(12,13)14/h4-5H2,1-3H3,(H,16,17). The summed E-state index contributed by atoms with van der Waals surface area (Å²) in [7, 11) is 0. The first-order chi connectivity index (χ1) is 8.76. The lowest BCUT2D eigenvalue weighted by atomic mass is 10.1. The minimum absolute atomic E-state index is 0.283. The molecule has 0 aromatic carbocycles. The minimum Gasteiger partial charge on any atom is -0.282 e. The molecule has 2 aromatic heterocycles. The second-order valence-electron chi connectivity index (χ2n) is 4.44. The number of H-pyrrole nitrogens is 1. The molecule has 0 aliphatic heterocycles. The van der Waals surface area contributed by atoms with E-state index in [1.165, 1.54) is 0 Å². The van der Waals surface area contributed by atoms with Gasteiger partial charge in [0.2, 0.25) is 0 Å². The molecule has 0 spiro atoms. The van der Waals surface area contributed by atoms with Gasteiger partial charge >= 0.3 is 6.18 Å². The molecule has 104 valence electrons. The normalized spacial score (nSPS) is 12.1. The van der Waals surface area contributed by atoms with E-state index in [4.69, 9.17) is 0 Å². The molecule has 0 aliphatic rings. The summed E-state index contributed by atoms with van der Waals surface area (Å²) >= 11 is 0. The highest BCUT2D eigenvalue weighted by Gasteiger charge is 2.30. The maximum absolute atomic E-state index is 12.5. The zero-order valence-corrected chi connectivity index (χ0v) is 10.8. The molecular weight excluding hydrogens is 259 g/mol. The zero-order valence-electron chi connectivity index (χ0n) is 10.8. The summed E-state index contributed by atoms with van der Waals surface area (Å²) in [4.78, 5) is 4.06. The molecule has 0 amide bonds. The molecule has 0 aliphatic carbocycles. The Hall–Kier alpha value is -1.86. The molecular formula is C11H14F3N5. The number of nitrogens with one attached hydrogen (secondary N) is 1. The molecule has 0 fully saturated rings. The molecule has 2 aromatic rings. The Morgan fingerprint density at radius 3 is 2.42 bits per heavy atom. The van der Waals surface area contributed by atoms with Crippen LogP contribution in [0.1, 0.15) is 28.6 Å². The summed E-state index contributed by atoms with van der Waals surface area (Å²) in [6.45, 7) is 4.08. The van der Waals surface area contributed by atoms with Gasteiger partial charge in [-0.1, -0.05) is 0 Å². The van der Waals surface area contributed by atoms with Crippen LogP contribution in [-0.4, -0.2) is 31.1 Å². The van der Waals surface area contributed by atoms with E-state index in [1.807, 2.05) is 6.92 Å². The van der Waals surface area contributed by atoms with Crippen molar-refractivity contribution in [2.45, 2.75) is 39.9 Å². The molecule has 0 atom stereocenters. The van der Waals surface area contributed by atoms with Gasteiger partial charge in [-0.05, 0) is 20.8 Å². The Labute approximate surface area is 107 Å². The largest absolute Gasteiger partial charge is 0.408 e. The van der Waals surface area contributed by atoms with Crippen LogP contribution < -0.4 is 0 Å². The van der Waals surface area contributed by atoms with Crippen molar-refractivity contribution in [2.24, 2.45) is 0 Å². The van der Waals surface area contributed by atoms with E-state index in [1.54, 1.807) is 13.8 Å². The summed E-state index contributed by atoms with van der Waals surface area (Å²) in [6, 6.07) is 0. The number of aryl methyl sites for hydroxylation is 3. The van der Waals surface area contributed by atoms with Gasteiger partial charge in [0.1, 0.15) is 18.2 Å². The summed E-state index contributed by atoms with van der Waals surface area (Å²) in [6.07, 6.45) is -4.03. The summed E-state index contributed by atoms with van der Waals surface area (Å²) < 4.78 is 38.3. The van der Waals surface area contributed by atoms with Crippen molar-refractivity contribution in [3.8, 4) is 0 Å². The Balaban J connectivity index is 2.30. The summed E-state index contributed by atoms with van der Waals surface area (Å²) in [5, 5.41) is 10.6. The van der Waals surface area contributed by atoms with E-state index in [2.05, 4.69) is 20.3 Å². The molecule has 0 radical (unpaired) electrons. The van der Waals surface area contributed by atoms with Gasteiger partial charge in [-0.15, -0.1) is 0 Å². The van der Waals surface area contributed by atoms with E-state index in [-0.39, 0.29) is 6.42 Å². The summed E-state index contributed by atoms with van der Waals surface area (Å²) in [5.74, 6) is 0.625. The second-order valence-corrected chi connectivity index (χ2v) is 4.44. The highest BCUT2D eigenvalue weighted by molar-refractivity contribution is 5.26. The highest BCUT2D eigenvalue weighted by Crippen LogP contribution is 2.20. The van der Waals surface area contributed by atoms with Crippen LogP contribution in [0.3, 0.4) is 0 Å². The van der Waals surface area contributed by atoms with E-state index < -0.39 is 12.7 Å². The highest BCUT2D eigenvalue weighted by atomic mass is 19.4. The molecule has 2 heterocycles. The van der Waals surface area contributed by atoms with Crippen molar-refractivity contribution in [2.75, 3.05) is 0 Å². The van der Waals surface area contributed by atoms with E-state index in [0.29, 0.717) is 11.6 Å². The molecule has 8 heteroatoms. The predicted octanol–water partition coefficient (Wildman–Crippen LogP) is 2.08. The molecule has 2 rings (SSSR count). The van der Waals surface area contributed by atoms with Crippen molar-refractivity contribution >= 4 is 0 Å². The first-order valence-corrected chi connectivity index (χ1v) is 5.74. The fourth-order valence-corrected chi connectivity index (χ4v) is 1.92. The Morgan fingerprint density at radius 2 is 1.89 bits per heavy atom. The van der Waals surface area contributed by atoms with Crippen LogP contribution in [0.4, 0.5) is 13.2 Å². The quantitative estimate of drug-likeness (QED) is 0.931. The summed E-state index contributed by atoms with van der Waals surface area (Å²) in [5.41, 5.74) is 2.45. The van der Waals surface area contributed by atoms with Gasteiger partial charge in [0.05, 0.1) is 5.69 Å². The fourth-order valence-electron chi connectivity index (χ4n) is 1.92. The molecule has 0 saturated heterocycles. The second kappa shape index (κ2) is 4.67. The Kier molecular flexibility index (Phi) is 3.34. The van der Waals surface area contributed by atoms with Gasteiger partial charge in [-0.25, -0.2) is 9.67 Å².